The Balaban J connectivity index is 2.96. The van der Waals surface area contributed by atoms with Gasteiger partial charge < -0.3 is 5.73 Å². The van der Waals surface area contributed by atoms with Crippen molar-refractivity contribution >= 4 is 11.5 Å². The molecule has 0 aliphatic rings. The molecule has 5 nitrogen and oxygen atoms in total. The van der Waals surface area contributed by atoms with E-state index in [1.807, 2.05) is 0 Å². The zero-order valence-corrected chi connectivity index (χ0v) is 7.07. The molecule has 0 saturated heterocycles. The van der Waals surface area contributed by atoms with Crippen LogP contribution in [0, 0.1) is 15.9 Å². The molecule has 0 aliphatic carbocycles. The highest BCUT2D eigenvalue weighted by molar-refractivity contribution is 6.01. The Kier molecular flexibility index (Phi) is 2.76. The summed E-state index contributed by atoms with van der Waals surface area (Å²) in [6.45, 7) is -0.837. The molecule has 0 saturated carbocycles. The van der Waals surface area contributed by atoms with Gasteiger partial charge in [-0.3, -0.25) is 14.9 Å². The van der Waals surface area contributed by atoms with Crippen molar-refractivity contribution in [1.82, 2.24) is 0 Å². The van der Waals surface area contributed by atoms with Crippen molar-refractivity contribution in [1.29, 1.82) is 0 Å². The van der Waals surface area contributed by atoms with Crippen LogP contribution in [0.15, 0.2) is 18.2 Å². The smallest absolute Gasteiger partial charge is 0.265 e. The number of hydrogen-bond acceptors (Lipinski definition) is 4. The third-order valence-corrected chi connectivity index (χ3v) is 1.59. The summed E-state index contributed by atoms with van der Waals surface area (Å²) >= 11 is 0. The van der Waals surface area contributed by atoms with E-state index >= 15 is 0 Å². The molecule has 0 heterocycles. The fourth-order valence-corrected chi connectivity index (χ4v) is 0.990. The Morgan fingerprint density at radius 2 is 2.21 bits per heavy atom. The second-order valence-electron chi connectivity index (χ2n) is 2.65. The van der Waals surface area contributed by atoms with E-state index < -0.39 is 23.1 Å². The van der Waals surface area contributed by atoms with Crippen LogP contribution in [-0.4, -0.2) is 17.3 Å². The SMILES string of the molecule is Nc1cc(F)ccc1C(=O)C[N+](=O)[O-]. The van der Waals surface area contributed by atoms with Crippen molar-refractivity contribution in [2.24, 2.45) is 0 Å². The first-order valence-electron chi connectivity index (χ1n) is 3.70. The summed E-state index contributed by atoms with van der Waals surface area (Å²) < 4.78 is 12.5. The van der Waals surface area contributed by atoms with Crippen molar-refractivity contribution in [3.63, 3.8) is 0 Å². The molecule has 0 fully saturated rings. The van der Waals surface area contributed by atoms with Crippen molar-refractivity contribution in [3.8, 4) is 0 Å². The predicted octanol–water partition coefficient (Wildman–Crippen LogP) is 0.867. The van der Waals surface area contributed by atoms with Crippen LogP contribution in [0.25, 0.3) is 0 Å². The van der Waals surface area contributed by atoms with Gasteiger partial charge in [0.2, 0.25) is 5.78 Å². The van der Waals surface area contributed by atoms with Crippen molar-refractivity contribution in [2.75, 3.05) is 12.3 Å². The van der Waals surface area contributed by atoms with Gasteiger partial charge in [-0.05, 0) is 18.2 Å². The van der Waals surface area contributed by atoms with Crippen LogP contribution in [0.3, 0.4) is 0 Å². The second-order valence-corrected chi connectivity index (χ2v) is 2.65. The number of benzene rings is 1. The van der Waals surface area contributed by atoms with E-state index in [-0.39, 0.29) is 11.3 Å². The molecule has 0 aromatic heterocycles. The average molecular weight is 198 g/mol. The van der Waals surface area contributed by atoms with Crippen LogP contribution in [0.5, 0.6) is 0 Å². The van der Waals surface area contributed by atoms with Crippen LogP contribution >= 0.6 is 0 Å². The summed E-state index contributed by atoms with van der Waals surface area (Å²) in [6, 6.07) is 3.12. The van der Waals surface area contributed by atoms with E-state index in [4.69, 9.17) is 5.73 Å². The molecule has 1 rings (SSSR count). The number of halogens is 1. The Bertz CT molecular complexity index is 392. The maximum absolute atomic E-state index is 12.5. The molecule has 74 valence electrons. The van der Waals surface area contributed by atoms with Crippen molar-refractivity contribution < 1.29 is 14.1 Å². The van der Waals surface area contributed by atoms with E-state index in [0.717, 1.165) is 18.2 Å². The summed E-state index contributed by atoms with van der Waals surface area (Å²) in [4.78, 5) is 20.4. The van der Waals surface area contributed by atoms with Gasteiger partial charge in [0.25, 0.3) is 6.54 Å². The standard InChI is InChI=1S/C8H7FN2O3/c9-5-1-2-6(7(10)3-5)8(12)4-11(13)14/h1-3H,4,10H2. The monoisotopic (exact) mass is 198 g/mol. The van der Waals surface area contributed by atoms with E-state index in [1.165, 1.54) is 0 Å². The summed E-state index contributed by atoms with van der Waals surface area (Å²) in [5.74, 6) is -1.31. The molecule has 1 aromatic carbocycles. The van der Waals surface area contributed by atoms with Gasteiger partial charge in [0.05, 0.1) is 0 Å². The first-order chi connectivity index (χ1) is 6.50. The molecule has 14 heavy (non-hydrogen) atoms. The zero-order chi connectivity index (χ0) is 10.7. The summed E-state index contributed by atoms with van der Waals surface area (Å²) in [5.41, 5.74) is 5.20. The van der Waals surface area contributed by atoms with Crippen LogP contribution in [0.4, 0.5) is 10.1 Å². The fourth-order valence-electron chi connectivity index (χ4n) is 0.990. The molecule has 0 bridgehead atoms. The van der Waals surface area contributed by atoms with E-state index in [9.17, 15) is 19.3 Å². The van der Waals surface area contributed by atoms with Gasteiger partial charge >= 0.3 is 0 Å². The lowest BCUT2D eigenvalue weighted by Gasteiger charge is -2.01. The Labute approximate surface area is 78.5 Å². The zero-order valence-electron chi connectivity index (χ0n) is 7.07. The van der Waals surface area contributed by atoms with Gasteiger partial charge in [-0.25, -0.2) is 4.39 Å². The first-order valence-corrected chi connectivity index (χ1v) is 3.70. The number of hydrogen-bond donors (Lipinski definition) is 1. The number of anilines is 1. The van der Waals surface area contributed by atoms with Gasteiger partial charge in [-0.2, -0.15) is 0 Å². The van der Waals surface area contributed by atoms with Crippen LogP contribution in [0.2, 0.25) is 0 Å². The highest BCUT2D eigenvalue weighted by atomic mass is 19.1. The quantitative estimate of drug-likeness (QED) is 0.338. The summed E-state index contributed by atoms with van der Waals surface area (Å²) in [5, 5.41) is 10.0. The van der Waals surface area contributed by atoms with E-state index in [1.54, 1.807) is 0 Å². The average Bonchev–Trinajstić information content (AvgIpc) is 2.01. The number of rotatable bonds is 3. The Hall–Kier alpha value is -1.98. The molecule has 6 heteroatoms. The number of carbonyl (C=O) groups excluding carboxylic acids is 1. The predicted molar refractivity (Wildman–Crippen MR) is 47.0 cm³/mol. The van der Waals surface area contributed by atoms with Crippen LogP contribution in [0.1, 0.15) is 10.4 Å². The van der Waals surface area contributed by atoms with Gasteiger partial charge in [0.1, 0.15) is 5.82 Å². The van der Waals surface area contributed by atoms with Crippen LogP contribution < -0.4 is 5.73 Å². The number of carbonyl (C=O) groups is 1. The van der Waals surface area contributed by atoms with Gasteiger partial charge in [-0.1, -0.05) is 0 Å². The van der Waals surface area contributed by atoms with Crippen molar-refractivity contribution in [2.45, 2.75) is 0 Å². The second kappa shape index (κ2) is 3.82. The molecule has 0 amide bonds. The fraction of sp³-hybridized carbons (Fsp3) is 0.125. The Morgan fingerprint density at radius 3 is 2.71 bits per heavy atom. The minimum absolute atomic E-state index is 0.0249. The van der Waals surface area contributed by atoms with E-state index in [0.29, 0.717) is 0 Å². The minimum Gasteiger partial charge on any atom is -0.398 e. The number of nitrogens with two attached hydrogens (primary N) is 1. The van der Waals surface area contributed by atoms with Gasteiger partial charge in [0, 0.05) is 16.2 Å². The molecular formula is C8H7FN2O3. The van der Waals surface area contributed by atoms with Gasteiger partial charge in [0.15, 0.2) is 0 Å². The highest BCUT2D eigenvalue weighted by Gasteiger charge is 2.15. The maximum Gasteiger partial charge on any atom is 0.265 e. The molecule has 0 atom stereocenters. The highest BCUT2D eigenvalue weighted by Crippen LogP contribution is 2.13. The maximum atomic E-state index is 12.5. The number of nitro groups is 1. The van der Waals surface area contributed by atoms with Gasteiger partial charge in [-0.15, -0.1) is 0 Å². The number of nitrogens with zero attached hydrogens (tertiary/aromatic N) is 1. The largest absolute Gasteiger partial charge is 0.398 e. The normalized spacial score (nSPS) is 9.79. The van der Waals surface area contributed by atoms with E-state index in [2.05, 4.69) is 0 Å². The van der Waals surface area contributed by atoms with Crippen molar-refractivity contribution in [3.05, 3.63) is 39.7 Å². The minimum atomic E-state index is -0.837. The topological polar surface area (TPSA) is 86.2 Å². The number of Topliss-reactive ketones (excluding diaryl/α,β-unsaturated/α-hetero) is 1. The lowest BCUT2D eigenvalue weighted by molar-refractivity contribution is -0.465. The number of nitrogen functional groups attached to an aromatic ring is 1. The molecule has 2 N–H and O–H groups in total. The summed E-state index contributed by atoms with van der Waals surface area (Å²) in [7, 11) is 0. The molecule has 0 radical (unpaired) electrons. The first kappa shape index (κ1) is 10.1. The third kappa shape index (κ3) is 2.25. The lowest BCUT2D eigenvalue weighted by atomic mass is 10.1. The molecular weight excluding hydrogens is 191 g/mol. The third-order valence-electron chi connectivity index (χ3n) is 1.59. The Morgan fingerprint density at radius 1 is 1.57 bits per heavy atom. The molecule has 1 aromatic rings. The lowest BCUT2D eigenvalue weighted by Crippen LogP contribution is -2.15. The molecule has 0 unspecified atom stereocenters. The molecule has 0 aliphatic heterocycles. The van der Waals surface area contributed by atoms with Crippen LogP contribution in [-0.2, 0) is 0 Å². The number of ketones is 1. The summed E-state index contributed by atoms with van der Waals surface area (Å²) in [6.07, 6.45) is 0. The molecule has 0 spiro atoms.